The van der Waals surface area contributed by atoms with Crippen LogP contribution in [0.15, 0.2) is 36.9 Å². The highest BCUT2D eigenvalue weighted by atomic mass is 16.1. The predicted octanol–water partition coefficient (Wildman–Crippen LogP) is 3.41. The number of allylic oxidation sites excluding steroid dienone is 1. The van der Waals surface area contributed by atoms with Gasteiger partial charge in [0.1, 0.15) is 0 Å². The largest absolute Gasteiger partial charge is 0.383 e. The molecule has 1 atom stereocenters. The Bertz CT molecular complexity index is 388. The molecule has 0 aliphatic heterocycles. The summed E-state index contributed by atoms with van der Waals surface area (Å²) in [5, 5.41) is 6.16. The van der Waals surface area contributed by atoms with Gasteiger partial charge in [0.2, 0.25) is 5.91 Å². The summed E-state index contributed by atoms with van der Waals surface area (Å²) in [6, 6.07) is 8.12. The first-order chi connectivity index (χ1) is 8.11. The van der Waals surface area contributed by atoms with Crippen LogP contribution in [0, 0.1) is 0 Å². The Kier molecular flexibility index (Phi) is 5.27. The van der Waals surface area contributed by atoms with Crippen molar-refractivity contribution in [2.45, 2.75) is 32.7 Å². The summed E-state index contributed by atoms with van der Waals surface area (Å²) >= 11 is 0. The molecule has 0 saturated carbocycles. The molecule has 1 amide bonds. The van der Waals surface area contributed by atoms with Crippen LogP contribution in [0.1, 0.15) is 26.7 Å². The van der Waals surface area contributed by atoms with Gasteiger partial charge in [-0.2, -0.15) is 0 Å². The maximum atomic E-state index is 10.9. The van der Waals surface area contributed by atoms with Crippen molar-refractivity contribution in [2.24, 2.45) is 0 Å². The van der Waals surface area contributed by atoms with Crippen LogP contribution in [0.25, 0.3) is 0 Å². The summed E-state index contributed by atoms with van der Waals surface area (Å²) in [6.45, 7) is 7.35. The Labute approximate surface area is 103 Å². The van der Waals surface area contributed by atoms with Gasteiger partial charge in [-0.3, -0.25) is 4.79 Å². The Morgan fingerprint density at radius 1 is 1.47 bits per heavy atom. The zero-order chi connectivity index (χ0) is 12.7. The number of carbonyl (C=O) groups excluding carboxylic acids is 1. The van der Waals surface area contributed by atoms with Gasteiger partial charge in [-0.15, -0.1) is 6.58 Å². The summed E-state index contributed by atoms with van der Waals surface area (Å²) in [4.78, 5) is 10.9. The van der Waals surface area contributed by atoms with Gasteiger partial charge in [-0.25, -0.2) is 0 Å². The lowest BCUT2D eigenvalue weighted by molar-refractivity contribution is -0.114. The lowest BCUT2D eigenvalue weighted by atomic mass is 10.1. The Hall–Kier alpha value is -1.77. The molecule has 1 rings (SSSR count). The van der Waals surface area contributed by atoms with Gasteiger partial charge in [0.05, 0.1) is 0 Å². The molecule has 0 aliphatic rings. The molecular formula is C14H20N2O. The van der Waals surface area contributed by atoms with Crippen molar-refractivity contribution in [3.8, 4) is 0 Å². The molecule has 3 nitrogen and oxygen atoms in total. The van der Waals surface area contributed by atoms with E-state index >= 15 is 0 Å². The Balaban J connectivity index is 2.58. The quantitative estimate of drug-likeness (QED) is 0.738. The normalized spacial score (nSPS) is 11.6. The van der Waals surface area contributed by atoms with E-state index < -0.39 is 0 Å². The number of rotatable bonds is 6. The number of hydrogen-bond donors (Lipinski definition) is 2. The van der Waals surface area contributed by atoms with E-state index in [-0.39, 0.29) is 5.91 Å². The lowest BCUT2D eigenvalue weighted by Gasteiger charge is -2.15. The minimum atomic E-state index is -0.0538. The van der Waals surface area contributed by atoms with Gasteiger partial charge in [0, 0.05) is 24.3 Å². The minimum Gasteiger partial charge on any atom is -0.383 e. The van der Waals surface area contributed by atoms with Crippen LogP contribution in [0.5, 0.6) is 0 Å². The maximum Gasteiger partial charge on any atom is 0.221 e. The topological polar surface area (TPSA) is 41.1 Å². The zero-order valence-corrected chi connectivity index (χ0v) is 10.5. The van der Waals surface area contributed by atoms with Crippen LogP contribution in [-0.2, 0) is 4.79 Å². The molecule has 0 spiro atoms. The number of hydrogen-bond acceptors (Lipinski definition) is 2. The maximum absolute atomic E-state index is 10.9. The lowest BCUT2D eigenvalue weighted by Crippen LogP contribution is -2.14. The summed E-state index contributed by atoms with van der Waals surface area (Å²) < 4.78 is 0. The van der Waals surface area contributed by atoms with Crippen molar-refractivity contribution in [3.05, 3.63) is 36.9 Å². The average Bonchev–Trinajstić information content (AvgIpc) is 2.26. The molecule has 0 heterocycles. The van der Waals surface area contributed by atoms with E-state index in [1.807, 2.05) is 30.3 Å². The molecule has 92 valence electrons. The summed E-state index contributed by atoms with van der Waals surface area (Å²) in [5.41, 5.74) is 1.84. The molecule has 1 aromatic carbocycles. The molecule has 0 saturated heterocycles. The van der Waals surface area contributed by atoms with Crippen molar-refractivity contribution in [1.82, 2.24) is 0 Å². The minimum absolute atomic E-state index is 0.0538. The van der Waals surface area contributed by atoms with Crippen LogP contribution in [-0.4, -0.2) is 11.9 Å². The molecular weight excluding hydrogens is 212 g/mol. The summed E-state index contributed by atoms with van der Waals surface area (Å²) in [5.74, 6) is -0.0538. The predicted molar refractivity (Wildman–Crippen MR) is 73.3 cm³/mol. The molecule has 0 aliphatic carbocycles. The zero-order valence-electron chi connectivity index (χ0n) is 10.5. The second kappa shape index (κ2) is 6.74. The molecule has 1 aromatic rings. The summed E-state index contributed by atoms with van der Waals surface area (Å²) in [6.07, 6.45) is 3.97. The molecule has 17 heavy (non-hydrogen) atoms. The fourth-order valence-electron chi connectivity index (χ4n) is 1.61. The van der Waals surface area contributed by atoms with Gasteiger partial charge in [0.25, 0.3) is 0 Å². The second-order valence-electron chi connectivity index (χ2n) is 4.17. The van der Waals surface area contributed by atoms with E-state index in [0.29, 0.717) is 6.04 Å². The second-order valence-corrected chi connectivity index (χ2v) is 4.17. The number of nitrogens with one attached hydrogen (secondary N) is 2. The Morgan fingerprint density at radius 2 is 2.18 bits per heavy atom. The van der Waals surface area contributed by atoms with E-state index in [9.17, 15) is 4.79 Å². The van der Waals surface area contributed by atoms with E-state index in [1.54, 1.807) is 0 Å². The standard InChI is InChI=1S/C14H20N2O/c1-4-5-7-11(2)15-13-8-6-9-14(10-13)16-12(3)17/h4,6,8-11,15H,1,5,7H2,2-3H3,(H,16,17). The fraction of sp³-hybridized carbons (Fsp3) is 0.357. The van der Waals surface area contributed by atoms with Crippen molar-refractivity contribution in [3.63, 3.8) is 0 Å². The van der Waals surface area contributed by atoms with Crippen molar-refractivity contribution < 1.29 is 4.79 Å². The SMILES string of the molecule is C=CCCC(C)Nc1cccc(NC(C)=O)c1. The number of carbonyl (C=O) groups is 1. The van der Waals surface area contributed by atoms with Crippen molar-refractivity contribution in [2.75, 3.05) is 10.6 Å². The van der Waals surface area contributed by atoms with Gasteiger partial charge >= 0.3 is 0 Å². The first-order valence-corrected chi connectivity index (χ1v) is 5.87. The third-order valence-corrected chi connectivity index (χ3v) is 2.40. The molecule has 0 bridgehead atoms. The van der Waals surface area contributed by atoms with Crippen LogP contribution < -0.4 is 10.6 Å². The van der Waals surface area contributed by atoms with E-state index in [2.05, 4.69) is 24.1 Å². The smallest absolute Gasteiger partial charge is 0.221 e. The average molecular weight is 232 g/mol. The Morgan fingerprint density at radius 3 is 2.82 bits per heavy atom. The number of amides is 1. The third kappa shape index (κ3) is 5.20. The molecule has 0 radical (unpaired) electrons. The number of benzene rings is 1. The molecule has 1 unspecified atom stereocenters. The fourth-order valence-corrected chi connectivity index (χ4v) is 1.61. The van der Waals surface area contributed by atoms with E-state index in [1.165, 1.54) is 6.92 Å². The molecule has 0 fully saturated rings. The van der Waals surface area contributed by atoms with Crippen LogP contribution >= 0.6 is 0 Å². The molecule has 3 heteroatoms. The van der Waals surface area contributed by atoms with Crippen molar-refractivity contribution >= 4 is 17.3 Å². The first-order valence-electron chi connectivity index (χ1n) is 5.87. The molecule has 2 N–H and O–H groups in total. The van der Waals surface area contributed by atoms with Gasteiger partial charge in [0.15, 0.2) is 0 Å². The monoisotopic (exact) mass is 232 g/mol. The summed E-state index contributed by atoms with van der Waals surface area (Å²) in [7, 11) is 0. The first kappa shape index (κ1) is 13.3. The third-order valence-electron chi connectivity index (χ3n) is 2.40. The van der Waals surface area contributed by atoms with E-state index in [4.69, 9.17) is 0 Å². The van der Waals surface area contributed by atoms with Crippen LogP contribution in [0.4, 0.5) is 11.4 Å². The van der Waals surface area contributed by atoms with Gasteiger partial charge in [-0.1, -0.05) is 12.1 Å². The van der Waals surface area contributed by atoms with Crippen LogP contribution in [0.2, 0.25) is 0 Å². The van der Waals surface area contributed by atoms with Crippen molar-refractivity contribution in [1.29, 1.82) is 0 Å². The number of anilines is 2. The van der Waals surface area contributed by atoms with E-state index in [0.717, 1.165) is 24.2 Å². The highest BCUT2D eigenvalue weighted by molar-refractivity contribution is 5.89. The van der Waals surface area contributed by atoms with Gasteiger partial charge in [-0.05, 0) is 38.0 Å². The highest BCUT2D eigenvalue weighted by Crippen LogP contribution is 2.16. The van der Waals surface area contributed by atoms with Gasteiger partial charge < -0.3 is 10.6 Å². The van der Waals surface area contributed by atoms with Crippen LogP contribution in [0.3, 0.4) is 0 Å². The molecule has 0 aromatic heterocycles. The highest BCUT2D eigenvalue weighted by Gasteiger charge is 2.02.